The van der Waals surface area contributed by atoms with Gasteiger partial charge in [-0.1, -0.05) is 190 Å². The third kappa shape index (κ3) is 5.95. The Kier molecular flexibility index (Phi) is 8.33. The van der Waals surface area contributed by atoms with Crippen LogP contribution in [0.2, 0.25) is 0 Å². The van der Waals surface area contributed by atoms with Crippen molar-refractivity contribution in [2.24, 2.45) is 0 Å². The molecule has 0 saturated carbocycles. The summed E-state index contributed by atoms with van der Waals surface area (Å²) in [5.41, 5.74) is 17.3. The predicted molar refractivity (Wildman–Crippen MR) is 223 cm³/mol. The predicted octanol–water partition coefficient (Wildman–Crippen LogP) is 14.0. The van der Waals surface area contributed by atoms with E-state index >= 15 is 0 Å². The number of fused-ring (bicyclic) bond motifs is 3. The van der Waals surface area contributed by atoms with Gasteiger partial charge in [0, 0.05) is 28.3 Å². The molecule has 0 bridgehead atoms. The van der Waals surface area contributed by atoms with Crippen LogP contribution in [0.5, 0.6) is 0 Å². The quantitative estimate of drug-likeness (QED) is 0.145. The minimum absolute atomic E-state index is 0.0302. The lowest BCUT2D eigenvalue weighted by molar-refractivity contribution is 0.659. The molecule has 0 aromatic heterocycles. The summed E-state index contributed by atoms with van der Waals surface area (Å²) in [6.07, 6.45) is 0. The first-order chi connectivity index (χ1) is 26.1. The van der Waals surface area contributed by atoms with E-state index in [-0.39, 0.29) is 11.3 Å². The fraction of sp³-hybridized carbons (Fsp3) is 0.0769. The zero-order valence-corrected chi connectivity index (χ0v) is 30.2. The summed E-state index contributed by atoms with van der Waals surface area (Å²) in [5, 5.41) is 0. The van der Waals surface area contributed by atoms with E-state index < -0.39 is 0 Å². The lowest BCUT2D eigenvalue weighted by Crippen LogP contribution is -2.18. The Hall–Kier alpha value is -6.44. The average molecular weight is 680 g/mol. The van der Waals surface area contributed by atoms with E-state index in [1.165, 1.54) is 66.9 Å². The molecule has 0 unspecified atom stereocenters. The second-order valence-electron chi connectivity index (χ2n) is 14.5. The van der Waals surface area contributed by atoms with Crippen LogP contribution in [0.1, 0.15) is 47.6 Å². The summed E-state index contributed by atoms with van der Waals surface area (Å²) in [5.74, 6) is 0.0302. The first-order valence-corrected chi connectivity index (χ1v) is 18.6. The molecule has 1 atom stereocenters. The van der Waals surface area contributed by atoms with E-state index in [2.05, 4.69) is 225 Å². The van der Waals surface area contributed by atoms with Crippen molar-refractivity contribution in [3.05, 3.63) is 234 Å². The van der Waals surface area contributed by atoms with Gasteiger partial charge in [-0.2, -0.15) is 0 Å². The van der Waals surface area contributed by atoms with Crippen LogP contribution < -0.4 is 4.90 Å². The van der Waals surface area contributed by atoms with Gasteiger partial charge < -0.3 is 4.90 Å². The molecule has 0 heterocycles. The monoisotopic (exact) mass is 679 g/mol. The molecule has 0 radical (unpaired) electrons. The van der Waals surface area contributed by atoms with Crippen LogP contribution in [0.15, 0.2) is 206 Å². The van der Waals surface area contributed by atoms with Crippen molar-refractivity contribution in [1.82, 2.24) is 0 Å². The summed E-state index contributed by atoms with van der Waals surface area (Å²) >= 11 is 0. The first-order valence-electron chi connectivity index (χ1n) is 18.6. The van der Waals surface area contributed by atoms with E-state index in [1.807, 2.05) is 0 Å². The van der Waals surface area contributed by atoms with Crippen LogP contribution in [0, 0.1) is 0 Å². The highest BCUT2D eigenvalue weighted by atomic mass is 15.1. The minimum atomic E-state index is -0.186. The largest absolute Gasteiger partial charge is 0.310 e. The van der Waals surface area contributed by atoms with E-state index in [0.717, 1.165) is 11.4 Å². The second-order valence-corrected chi connectivity index (χ2v) is 14.5. The van der Waals surface area contributed by atoms with Gasteiger partial charge >= 0.3 is 0 Å². The standard InChI is InChI=1S/C52H41N/c1-52(2)47-26-16-15-25-46(47)51-48(52)35-43(50(41-21-11-5-12-22-41)42-29-27-39(28-30-42)37-17-7-3-8-18-37)36-49(51)53(44-23-13-6-14-24-44)45-33-31-40(32-34-45)38-19-9-4-10-20-38/h3-36,50H,1-2H3/t50-/m1/s1. The zero-order chi connectivity index (χ0) is 35.8. The number of anilines is 3. The maximum absolute atomic E-state index is 2.50. The van der Waals surface area contributed by atoms with Crippen molar-refractivity contribution in [1.29, 1.82) is 0 Å². The molecule has 1 nitrogen and oxygen atoms in total. The summed E-state index contributed by atoms with van der Waals surface area (Å²) < 4.78 is 0. The van der Waals surface area contributed by atoms with Crippen LogP contribution in [-0.2, 0) is 5.41 Å². The highest BCUT2D eigenvalue weighted by molar-refractivity contribution is 5.95. The van der Waals surface area contributed by atoms with Gasteiger partial charge in [-0.3, -0.25) is 0 Å². The molecule has 0 N–H and O–H groups in total. The molecule has 9 rings (SSSR count). The number of rotatable bonds is 8. The average Bonchev–Trinajstić information content (AvgIpc) is 3.46. The van der Waals surface area contributed by atoms with Gasteiger partial charge in [-0.25, -0.2) is 0 Å². The Morgan fingerprint density at radius 3 is 1.43 bits per heavy atom. The molecule has 0 saturated heterocycles. The molecule has 1 heteroatoms. The molecule has 0 fully saturated rings. The zero-order valence-electron chi connectivity index (χ0n) is 30.2. The highest BCUT2D eigenvalue weighted by Crippen LogP contribution is 2.55. The number of nitrogens with zero attached hydrogens (tertiary/aromatic N) is 1. The van der Waals surface area contributed by atoms with Gasteiger partial charge in [0.15, 0.2) is 0 Å². The molecule has 8 aromatic carbocycles. The Morgan fingerprint density at radius 2 is 0.830 bits per heavy atom. The molecular formula is C52H41N. The molecule has 8 aromatic rings. The van der Waals surface area contributed by atoms with Crippen molar-refractivity contribution in [3.63, 3.8) is 0 Å². The molecule has 1 aliphatic carbocycles. The van der Waals surface area contributed by atoms with Gasteiger partial charge in [0.2, 0.25) is 0 Å². The molecule has 0 aliphatic heterocycles. The van der Waals surface area contributed by atoms with Crippen LogP contribution in [0.3, 0.4) is 0 Å². The fourth-order valence-electron chi connectivity index (χ4n) is 8.32. The molecule has 0 spiro atoms. The lowest BCUT2D eigenvalue weighted by Gasteiger charge is -2.31. The van der Waals surface area contributed by atoms with Crippen molar-refractivity contribution in [2.45, 2.75) is 25.2 Å². The Bertz CT molecular complexity index is 2480. The van der Waals surface area contributed by atoms with E-state index in [9.17, 15) is 0 Å². The summed E-state index contributed by atoms with van der Waals surface area (Å²) in [6, 6.07) is 75.4. The number of hydrogen-bond donors (Lipinski definition) is 0. The Balaban J connectivity index is 1.28. The summed E-state index contributed by atoms with van der Waals surface area (Å²) in [6.45, 7) is 4.78. The number of para-hydroxylation sites is 1. The highest BCUT2D eigenvalue weighted by Gasteiger charge is 2.39. The van der Waals surface area contributed by atoms with E-state index in [4.69, 9.17) is 0 Å². The van der Waals surface area contributed by atoms with Crippen molar-refractivity contribution < 1.29 is 0 Å². The number of benzene rings is 8. The van der Waals surface area contributed by atoms with Crippen LogP contribution >= 0.6 is 0 Å². The minimum Gasteiger partial charge on any atom is -0.310 e. The number of hydrogen-bond acceptors (Lipinski definition) is 1. The topological polar surface area (TPSA) is 3.24 Å². The molecule has 0 amide bonds. The molecule has 254 valence electrons. The third-order valence-electron chi connectivity index (χ3n) is 11.0. The van der Waals surface area contributed by atoms with E-state index in [0.29, 0.717) is 0 Å². The lowest BCUT2D eigenvalue weighted by atomic mass is 9.78. The smallest absolute Gasteiger partial charge is 0.0546 e. The third-order valence-corrected chi connectivity index (χ3v) is 11.0. The fourth-order valence-corrected chi connectivity index (χ4v) is 8.32. The maximum atomic E-state index is 2.50. The van der Waals surface area contributed by atoms with Crippen molar-refractivity contribution in [3.8, 4) is 33.4 Å². The molecular weight excluding hydrogens is 639 g/mol. The van der Waals surface area contributed by atoms with Crippen molar-refractivity contribution in [2.75, 3.05) is 4.90 Å². The van der Waals surface area contributed by atoms with Crippen LogP contribution in [0.4, 0.5) is 17.1 Å². The maximum Gasteiger partial charge on any atom is 0.0546 e. The van der Waals surface area contributed by atoms with Gasteiger partial charge in [-0.05, 0) is 86.0 Å². The van der Waals surface area contributed by atoms with Gasteiger partial charge in [0.25, 0.3) is 0 Å². The molecule has 1 aliphatic rings. The second kappa shape index (κ2) is 13.6. The normalized spacial score (nSPS) is 13.2. The molecule has 53 heavy (non-hydrogen) atoms. The van der Waals surface area contributed by atoms with E-state index in [1.54, 1.807) is 0 Å². The summed E-state index contributed by atoms with van der Waals surface area (Å²) in [7, 11) is 0. The first kappa shape index (κ1) is 32.5. The van der Waals surface area contributed by atoms with Gasteiger partial charge in [0.1, 0.15) is 0 Å². The summed E-state index contributed by atoms with van der Waals surface area (Å²) in [4.78, 5) is 2.47. The van der Waals surface area contributed by atoms with Crippen LogP contribution in [-0.4, -0.2) is 0 Å². The SMILES string of the molecule is CC1(C)c2ccccc2-c2c(N(c3ccccc3)c3ccc(-c4ccccc4)cc3)cc([C@H](c3ccccc3)c3ccc(-c4ccccc4)cc3)cc21. The van der Waals surface area contributed by atoms with Crippen LogP contribution in [0.25, 0.3) is 33.4 Å². The van der Waals surface area contributed by atoms with Gasteiger partial charge in [0.05, 0.1) is 5.69 Å². The Labute approximate surface area is 313 Å². The van der Waals surface area contributed by atoms with Crippen molar-refractivity contribution >= 4 is 17.1 Å². The van der Waals surface area contributed by atoms with Gasteiger partial charge in [-0.15, -0.1) is 0 Å². The Morgan fingerprint density at radius 1 is 0.377 bits per heavy atom.